The van der Waals surface area contributed by atoms with E-state index in [1.165, 1.54) is 0 Å². The summed E-state index contributed by atoms with van der Waals surface area (Å²) in [6, 6.07) is 12.6. The van der Waals surface area contributed by atoms with Gasteiger partial charge in [-0.15, -0.1) is 0 Å². The predicted molar refractivity (Wildman–Crippen MR) is 105 cm³/mol. The van der Waals surface area contributed by atoms with Gasteiger partial charge in [0.1, 0.15) is 11.5 Å². The van der Waals surface area contributed by atoms with Crippen molar-refractivity contribution in [3.05, 3.63) is 76.2 Å². The second-order valence-electron chi connectivity index (χ2n) is 6.80. The average Bonchev–Trinajstić information content (AvgIpc) is 3.04. The number of benzene rings is 2. The van der Waals surface area contributed by atoms with Gasteiger partial charge >= 0.3 is 0 Å². The molecule has 140 valence electrons. The zero-order chi connectivity index (χ0) is 19.8. The van der Waals surface area contributed by atoms with Crippen molar-refractivity contribution in [2.75, 3.05) is 7.11 Å². The number of nitrogens with zero attached hydrogens (tertiary/aromatic N) is 1. The number of aryl methyl sites for hydroxylation is 2. The lowest BCUT2D eigenvalue weighted by Gasteiger charge is -2.18. The Morgan fingerprint density at radius 1 is 1.14 bits per heavy atom. The summed E-state index contributed by atoms with van der Waals surface area (Å²) in [6.07, 6.45) is 1.84. The van der Waals surface area contributed by atoms with Crippen LogP contribution in [0.15, 0.2) is 52.6 Å². The minimum atomic E-state index is -0.258. The van der Waals surface area contributed by atoms with Crippen molar-refractivity contribution in [2.24, 2.45) is 0 Å². The number of hydrogen-bond donors (Lipinski definition) is 0. The van der Waals surface area contributed by atoms with Crippen molar-refractivity contribution >= 4 is 17.6 Å². The summed E-state index contributed by atoms with van der Waals surface area (Å²) >= 11 is 0. The van der Waals surface area contributed by atoms with E-state index in [1.807, 2.05) is 32.0 Å². The lowest BCUT2D eigenvalue weighted by Crippen LogP contribution is -2.19. The van der Waals surface area contributed by atoms with Crippen molar-refractivity contribution < 1.29 is 18.8 Å². The number of methoxy groups -OCH3 is 1. The van der Waals surface area contributed by atoms with E-state index in [1.54, 1.807) is 37.5 Å². The van der Waals surface area contributed by atoms with Gasteiger partial charge in [0.2, 0.25) is 0 Å². The molecule has 0 saturated carbocycles. The quantitative estimate of drug-likeness (QED) is 0.502. The van der Waals surface area contributed by atoms with Crippen molar-refractivity contribution in [3.63, 3.8) is 0 Å². The SMILES string of the molecule is COc1cc2c(cc1-c1c(C)noc1C)C=C(C(=O)c1ccccc1)C(=O)C2. The Morgan fingerprint density at radius 3 is 2.54 bits per heavy atom. The molecule has 0 radical (unpaired) electrons. The van der Waals surface area contributed by atoms with Crippen LogP contribution in [0.4, 0.5) is 0 Å². The molecular formula is C23H19NO4. The fourth-order valence-electron chi connectivity index (χ4n) is 3.60. The van der Waals surface area contributed by atoms with Gasteiger partial charge in [-0.3, -0.25) is 9.59 Å². The first-order valence-electron chi connectivity index (χ1n) is 8.98. The first-order chi connectivity index (χ1) is 13.5. The van der Waals surface area contributed by atoms with Gasteiger partial charge < -0.3 is 9.26 Å². The molecular weight excluding hydrogens is 354 g/mol. The Balaban J connectivity index is 1.85. The van der Waals surface area contributed by atoms with E-state index >= 15 is 0 Å². The van der Waals surface area contributed by atoms with Crippen LogP contribution in [0.1, 0.15) is 32.9 Å². The third kappa shape index (κ3) is 2.95. The molecule has 0 aliphatic heterocycles. The Hall–Kier alpha value is -3.47. The largest absolute Gasteiger partial charge is 0.496 e. The Bertz CT molecular complexity index is 1100. The summed E-state index contributed by atoms with van der Waals surface area (Å²) in [5.41, 5.74) is 4.82. The van der Waals surface area contributed by atoms with Crippen molar-refractivity contribution in [3.8, 4) is 16.9 Å². The number of ketones is 2. The number of Topliss-reactive ketones (excluding diaryl/α,β-unsaturated/α-hetero) is 2. The molecule has 0 atom stereocenters. The molecule has 0 unspecified atom stereocenters. The number of carbonyl (C=O) groups is 2. The molecule has 1 aromatic heterocycles. The summed E-state index contributed by atoms with van der Waals surface area (Å²) in [5.74, 6) is 0.888. The van der Waals surface area contributed by atoms with E-state index in [9.17, 15) is 9.59 Å². The van der Waals surface area contributed by atoms with Gasteiger partial charge in [-0.05, 0) is 43.2 Å². The van der Waals surface area contributed by atoms with Crippen molar-refractivity contribution in [1.82, 2.24) is 5.16 Å². The number of fused-ring (bicyclic) bond motifs is 1. The summed E-state index contributed by atoms with van der Waals surface area (Å²) in [4.78, 5) is 25.5. The highest BCUT2D eigenvalue weighted by Crippen LogP contribution is 2.38. The van der Waals surface area contributed by atoms with Gasteiger partial charge in [-0.1, -0.05) is 35.5 Å². The van der Waals surface area contributed by atoms with E-state index < -0.39 is 0 Å². The lowest BCUT2D eigenvalue weighted by molar-refractivity contribution is -0.114. The Morgan fingerprint density at radius 2 is 1.89 bits per heavy atom. The molecule has 2 aromatic carbocycles. The Labute approximate surface area is 162 Å². The number of rotatable bonds is 4. The molecule has 0 spiro atoms. The smallest absolute Gasteiger partial charge is 0.196 e. The average molecular weight is 373 g/mol. The zero-order valence-electron chi connectivity index (χ0n) is 15.9. The molecule has 5 heteroatoms. The second kappa shape index (κ2) is 6.93. The monoisotopic (exact) mass is 373 g/mol. The van der Waals surface area contributed by atoms with Gasteiger partial charge in [-0.25, -0.2) is 0 Å². The highest BCUT2D eigenvalue weighted by Gasteiger charge is 2.27. The second-order valence-corrected chi connectivity index (χ2v) is 6.80. The molecule has 0 fully saturated rings. The molecule has 0 amide bonds. The van der Waals surface area contributed by atoms with Crippen molar-refractivity contribution in [1.29, 1.82) is 0 Å². The highest BCUT2D eigenvalue weighted by atomic mass is 16.5. The maximum atomic E-state index is 12.8. The third-order valence-electron chi connectivity index (χ3n) is 5.00. The summed E-state index contributed by atoms with van der Waals surface area (Å²) in [7, 11) is 1.59. The van der Waals surface area contributed by atoms with Gasteiger partial charge in [0, 0.05) is 17.5 Å². The van der Waals surface area contributed by atoms with Crippen LogP contribution in [0.5, 0.6) is 5.75 Å². The molecule has 0 N–H and O–H groups in total. The predicted octanol–water partition coefficient (Wildman–Crippen LogP) is 4.36. The van der Waals surface area contributed by atoms with Gasteiger partial charge in [0.15, 0.2) is 11.6 Å². The number of aromatic nitrogens is 1. The van der Waals surface area contributed by atoms with Crippen LogP contribution in [0.2, 0.25) is 0 Å². The Kier molecular flexibility index (Phi) is 4.43. The van der Waals surface area contributed by atoms with E-state index in [0.29, 0.717) is 17.1 Å². The van der Waals surface area contributed by atoms with Crippen molar-refractivity contribution in [2.45, 2.75) is 20.3 Å². The van der Waals surface area contributed by atoms with Crippen LogP contribution in [0, 0.1) is 13.8 Å². The van der Waals surface area contributed by atoms with Crippen LogP contribution < -0.4 is 4.74 Å². The molecule has 0 bridgehead atoms. The molecule has 5 nitrogen and oxygen atoms in total. The fourth-order valence-corrected chi connectivity index (χ4v) is 3.60. The first kappa shape index (κ1) is 17.9. The molecule has 3 aromatic rings. The highest BCUT2D eigenvalue weighted by molar-refractivity contribution is 6.30. The first-order valence-corrected chi connectivity index (χ1v) is 8.98. The number of carbonyl (C=O) groups excluding carboxylic acids is 2. The van der Waals surface area contributed by atoms with E-state index in [0.717, 1.165) is 27.9 Å². The van der Waals surface area contributed by atoms with E-state index in [4.69, 9.17) is 9.26 Å². The number of allylic oxidation sites excluding steroid dienone is 1. The van der Waals surface area contributed by atoms with Crippen LogP contribution in [0.25, 0.3) is 17.2 Å². The minimum Gasteiger partial charge on any atom is -0.496 e. The number of ether oxygens (including phenoxy) is 1. The topological polar surface area (TPSA) is 69.4 Å². The van der Waals surface area contributed by atoms with Crippen LogP contribution in [-0.2, 0) is 11.2 Å². The molecule has 0 saturated heterocycles. The van der Waals surface area contributed by atoms with Crippen LogP contribution in [0.3, 0.4) is 0 Å². The summed E-state index contributed by atoms with van der Waals surface area (Å²) in [5, 5.41) is 4.02. The van der Waals surface area contributed by atoms with Gasteiger partial charge in [0.05, 0.1) is 23.9 Å². The van der Waals surface area contributed by atoms with Crippen LogP contribution >= 0.6 is 0 Å². The van der Waals surface area contributed by atoms with Gasteiger partial charge in [0.25, 0.3) is 0 Å². The van der Waals surface area contributed by atoms with E-state index in [-0.39, 0.29) is 23.6 Å². The maximum Gasteiger partial charge on any atom is 0.196 e. The molecule has 4 rings (SSSR count). The molecule has 1 aliphatic carbocycles. The molecule has 28 heavy (non-hydrogen) atoms. The minimum absolute atomic E-state index is 0.165. The van der Waals surface area contributed by atoms with E-state index in [2.05, 4.69) is 5.16 Å². The van der Waals surface area contributed by atoms with Gasteiger partial charge in [-0.2, -0.15) is 0 Å². The zero-order valence-corrected chi connectivity index (χ0v) is 15.9. The summed E-state index contributed by atoms with van der Waals surface area (Å²) in [6.45, 7) is 3.71. The normalized spacial score (nSPS) is 13.1. The molecule has 1 heterocycles. The lowest BCUT2D eigenvalue weighted by atomic mass is 9.85. The fraction of sp³-hybridized carbons (Fsp3) is 0.174. The molecule has 1 aliphatic rings. The third-order valence-corrected chi connectivity index (χ3v) is 5.00. The van der Waals surface area contributed by atoms with Crippen LogP contribution in [-0.4, -0.2) is 23.8 Å². The maximum absolute atomic E-state index is 12.8. The number of hydrogen-bond acceptors (Lipinski definition) is 5. The summed E-state index contributed by atoms with van der Waals surface area (Å²) < 4.78 is 10.9. The standard InChI is InChI=1S/C23H19NO4/c1-13-22(14(2)28-24-13)19-10-16-9-18(23(26)15-7-5-4-6-8-15)20(25)11-17(16)12-21(19)27-3/h4-10,12H,11H2,1-3H3.